The maximum absolute atomic E-state index is 3.62. The number of rotatable bonds is 6. The molecule has 0 fully saturated rings. The molecule has 0 saturated carbocycles. The minimum Gasteiger partial charge on any atom is -0.386 e. The molecule has 1 aromatic heterocycles. The van der Waals surface area contributed by atoms with Gasteiger partial charge in [-0.3, -0.25) is 0 Å². The van der Waals surface area contributed by atoms with Crippen molar-refractivity contribution in [3.05, 3.63) is 187 Å². The van der Waals surface area contributed by atoms with Crippen molar-refractivity contribution in [1.29, 1.82) is 0 Å². The van der Waals surface area contributed by atoms with E-state index >= 15 is 0 Å². The summed E-state index contributed by atoms with van der Waals surface area (Å²) < 4.78 is 2.40. The van der Waals surface area contributed by atoms with Crippen LogP contribution in [0.2, 0.25) is 0 Å². The third kappa shape index (κ3) is 4.20. The molecule has 0 bridgehead atoms. The predicted octanol–water partition coefficient (Wildman–Crippen LogP) is 10.6. The van der Waals surface area contributed by atoms with Crippen molar-refractivity contribution < 1.29 is 0 Å². The maximum Gasteiger partial charge on any atom is 0.0541 e. The van der Waals surface area contributed by atoms with Gasteiger partial charge in [0.15, 0.2) is 0 Å². The number of fused-ring (bicyclic) bond motifs is 3. The molecular weight excluding hydrogens is 553 g/mol. The van der Waals surface area contributed by atoms with Crippen LogP contribution >= 0.6 is 10.0 Å². The molecule has 0 spiro atoms. The van der Waals surface area contributed by atoms with Crippen LogP contribution in [0.5, 0.6) is 0 Å². The third-order valence-electron chi connectivity index (χ3n) is 8.54. The highest BCUT2D eigenvalue weighted by Crippen LogP contribution is 2.75. The van der Waals surface area contributed by atoms with E-state index in [9.17, 15) is 0 Å². The molecular formula is C41H32N2S. The number of benzene rings is 6. The molecule has 6 aromatic carbocycles. The van der Waals surface area contributed by atoms with E-state index in [4.69, 9.17) is 0 Å². The molecule has 1 aliphatic heterocycles. The van der Waals surface area contributed by atoms with Gasteiger partial charge >= 0.3 is 0 Å². The molecule has 0 radical (unpaired) electrons. The van der Waals surface area contributed by atoms with Gasteiger partial charge < -0.3 is 9.88 Å². The number of allylic oxidation sites excluding steroid dienone is 1. The highest BCUT2D eigenvalue weighted by Gasteiger charge is 2.38. The number of aromatic nitrogens is 1. The van der Waals surface area contributed by atoms with Gasteiger partial charge in [0.25, 0.3) is 0 Å². The standard InChI is InChI=1S/C41H32N2S/c1-5-15-31(16-6-1)36-27-28-42-30-41(36)44(33-19-9-3-10-20-33,34-21-11-4-12-22-34)35-25-26-40-38(29-35)37-23-13-14-24-39(37)43(40)32-17-7-2-8-18-32/h1-27,29-30,42H,28H2. The van der Waals surface area contributed by atoms with Gasteiger partial charge in [-0.2, -0.15) is 0 Å². The van der Waals surface area contributed by atoms with Crippen LogP contribution in [0.4, 0.5) is 0 Å². The summed E-state index contributed by atoms with van der Waals surface area (Å²) in [6.07, 6.45) is 4.65. The van der Waals surface area contributed by atoms with E-state index in [1.807, 2.05) is 0 Å². The van der Waals surface area contributed by atoms with Crippen LogP contribution in [0.1, 0.15) is 5.56 Å². The van der Waals surface area contributed by atoms with E-state index in [-0.39, 0.29) is 0 Å². The van der Waals surface area contributed by atoms with Crippen molar-refractivity contribution in [2.24, 2.45) is 0 Å². The average molecular weight is 585 g/mol. The monoisotopic (exact) mass is 584 g/mol. The Hall–Kier alpha value is -5.25. The smallest absolute Gasteiger partial charge is 0.0541 e. The summed E-state index contributed by atoms with van der Waals surface area (Å²) in [7, 11) is -1.93. The number of nitrogens with one attached hydrogen (secondary N) is 1. The minimum atomic E-state index is -1.93. The highest BCUT2D eigenvalue weighted by molar-refractivity contribution is 8.37. The number of para-hydroxylation sites is 2. The van der Waals surface area contributed by atoms with E-state index in [0.717, 1.165) is 6.54 Å². The van der Waals surface area contributed by atoms with Crippen molar-refractivity contribution in [2.45, 2.75) is 14.7 Å². The summed E-state index contributed by atoms with van der Waals surface area (Å²) in [5, 5.41) is 6.15. The molecule has 0 aliphatic carbocycles. The number of dihydropyridines is 1. The quantitative estimate of drug-likeness (QED) is 0.206. The van der Waals surface area contributed by atoms with Crippen LogP contribution in [0.3, 0.4) is 0 Å². The van der Waals surface area contributed by atoms with Gasteiger partial charge in [0.1, 0.15) is 0 Å². The van der Waals surface area contributed by atoms with Gasteiger partial charge in [-0.05, 0) is 71.8 Å². The lowest BCUT2D eigenvalue weighted by atomic mass is 10.0. The van der Waals surface area contributed by atoms with Crippen molar-refractivity contribution in [1.82, 2.24) is 9.88 Å². The Kier molecular flexibility index (Phi) is 6.66. The van der Waals surface area contributed by atoms with Gasteiger partial charge in [-0.1, -0.05) is 109 Å². The van der Waals surface area contributed by atoms with E-state index in [1.165, 1.54) is 58.2 Å². The Labute approximate surface area is 259 Å². The van der Waals surface area contributed by atoms with Crippen LogP contribution in [0.25, 0.3) is 33.1 Å². The average Bonchev–Trinajstić information content (AvgIpc) is 3.44. The van der Waals surface area contributed by atoms with Crippen molar-refractivity contribution >= 4 is 37.4 Å². The molecule has 8 rings (SSSR count). The lowest BCUT2D eigenvalue weighted by Crippen LogP contribution is -2.17. The molecule has 1 N–H and O–H groups in total. The van der Waals surface area contributed by atoms with Crippen LogP contribution in [-0.2, 0) is 0 Å². The second kappa shape index (κ2) is 11.1. The molecule has 44 heavy (non-hydrogen) atoms. The van der Waals surface area contributed by atoms with Crippen molar-refractivity contribution in [3.63, 3.8) is 0 Å². The highest BCUT2D eigenvalue weighted by atomic mass is 32.3. The normalized spacial score (nSPS) is 13.7. The molecule has 2 nitrogen and oxygen atoms in total. The van der Waals surface area contributed by atoms with Gasteiger partial charge in [-0.25, -0.2) is 0 Å². The minimum absolute atomic E-state index is 0.802. The van der Waals surface area contributed by atoms with Crippen LogP contribution in [0.15, 0.2) is 196 Å². The summed E-state index contributed by atoms with van der Waals surface area (Å²) in [4.78, 5) is 5.26. The van der Waals surface area contributed by atoms with Gasteiger partial charge in [0.2, 0.25) is 0 Å². The van der Waals surface area contributed by atoms with Gasteiger partial charge in [-0.15, -0.1) is 10.0 Å². The van der Waals surface area contributed by atoms with Crippen LogP contribution < -0.4 is 5.32 Å². The van der Waals surface area contributed by atoms with Crippen LogP contribution in [-0.4, -0.2) is 11.1 Å². The third-order valence-corrected chi connectivity index (χ3v) is 12.5. The first kappa shape index (κ1) is 26.4. The Bertz CT molecular complexity index is 2110. The van der Waals surface area contributed by atoms with Gasteiger partial charge in [0.05, 0.1) is 11.0 Å². The molecule has 1 aliphatic rings. The van der Waals surface area contributed by atoms with Crippen molar-refractivity contribution in [3.8, 4) is 5.69 Å². The number of nitrogens with zero attached hydrogens (tertiary/aromatic N) is 1. The predicted molar refractivity (Wildman–Crippen MR) is 187 cm³/mol. The molecule has 0 saturated heterocycles. The SMILES string of the molecule is C1=C(c2ccccc2)C(S(c2ccccc2)(c2ccccc2)c2ccc3c(c2)c2ccccc2n3-c2ccccc2)=CNC1. The number of hydrogen-bond donors (Lipinski definition) is 1. The molecule has 0 amide bonds. The first-order chi connectivity index (χ1) is 21.9. The fourth-order valence-electron chi connectivity index (χ4n) is 6.66. The molecule has 2 heterocycles. The van der Waals surface area contributed by atoms with E-state index < -0.39 is 10.0 Å². The molecule has 3 heteroatoms. The molecule has 212 valence electrons. The van der Waals surface area contributed by atoms with Crippen LogP contribution in [0, 0.1) is 0 Å². The first-order valence-electron chi connectivity index (χ1n) is 15.1. The Morgan fingerprint density at radius 1 is 0.500 bits per heavy atom. The summed E-state index contributed by atoms with van der Waals surface area (Å²) >= 11 is 0. The second-order valence-corrected chi connectivity index (χ2v) is 14.1. The van der Waals surface area contributed by atoms with E-state index in [1.54, 1.807) is 0 Å². The van der Waals surface area contributed by atoms with Crippen molar-refractivity contribution in [2.75, 3.05) is 6.54 Å². The topological polar surface area (TPSA) is 17.0 Å². The van der Waals surface area contributed by atoms with E-state index in [0.29, 0.717) is 0 Å². The maximum atomic E-state index is 3.62. The summed E-state index contributed by atoms with van der Waals surface area (Å²) in [6.45, 7) is 0.802. The largest absolute Gasteiger partial charge is 0.386 e. The zero-order valence-corrected chi connectivity index (χ0v) is 25.1. The lowest BCUT2D eigenvalue weighted by Gasteiger charge is -2.45. The molecule has 0 unspecified atom stereocenters. The fraction of sp³-hybridized carbons (Fsp3) is 0.0244. The van der Waals surface area contributed by atoms with Gasteiger partial charge in [0, 0.05) is 48.8 Å². The Balaban J connectivity index is 1.48. The summed E-state index contributed by atoms with van der Waals surface area (Å²) in [5.74, 6) is 0. The molecule has 7 aromatic rings. The zero-order valence-electron chi connectivity index (χ0n) is 24.3. The number of hydrogen-bond acceptors (Lipinski definition) is 1. The molecule has 0 atom stereocenters. The zero-order chi connectivity index (χ0) is 29.3. The van der Waals surface area contributed by atoms with E-state index in [2.05, 4.69) is 186 Å². The Morgan fingerprint density at radius 2 is 1.07 bits per heavy atom. The summed E-state index contributed by atoms with van der Waals surface area (Å²) in [6, 6.07) is 59.8. The fourth-order valence-corrected chi connectivity index (χ4v) is 10.7. The first-order valence-corrected chi connectivity index (χ1v) is 16.7. The Morgan fingerprint density at radius 3 is 1.75 bits per heavy atom. The lowest BCUT2D eigenvalue weighted by molar-refractivity contribution is 0.970. The summed E-state index contributed by atoms with van der Waals surface area (Å²) in [5.41, 5.74) is 6.13. The second-order valence-electron chi connectivity index (χ2n) is 11.0.